The Bertz CT molecular complexity index is 682. The summed E-state index contributed by atoms with van der Waals surface area (Å²) in [5, 5.41) is 0.783. The van der Waals surface area contributed by atoms with Gasteiger partial charge in [-0.05, 0) is 25.0 Å². The van der Waals surface area contributed by atoms with Gasteiger partial charge in [-0.15, -0.1) is 0 Å². The first kappa shape index (κ1) is 13.9. The number of hydrogen-bond donors (Lipinski definition) is 1. The summed E-state index contributed by atoms with van der Waals surface area (Å²) in [6.07, 6.45) is 0.891. The van der Waals surface area contributed by atoms with Gasteiger partial charge in [0, 0.05) is 25.8 Å². The molecule has 1 aliphatic rings. The van der Waals surface area contributed by atoms with E-state index in [0.29, 0.717) is 17.2 Å². The van der Waals surface area contributed by atoms with Crippen LogP contribution in [0.25, 0.3) is 0 Å². The van der Waals surface area contributed by atoms with Crippen molar-refractivity contribution in [3.8, 4) is 0 Å². The van der Waals surface area contributed by atoms with E-state index in [1.807, 2.05) is 37.1 Å². The molecule has 1 amide bonds. The van der Waals surface area contributed by atoms with E-state index < -0.39 is 0 Å². The van der Waals surface area contributed by atoms with Crippen molar-refractivity contribution in [2.75, 3.05) is 35.7 Å². The second-order valence-corrected chi connectivity index (χ2v) is 6.04. The highest BCUT2D eigenvalue weighted by atomic mass is 32.1. The molecule has 2 aromatic rings. The Labute approximate surface area is 128 Å². The van der Waals surface area contributed by atoms with Crippen LogP contribution >= 0.6 is 11.3 Å². The normalized spacial score (nSPS) is 13.3. The van der Waals surface area contributed by atoms with Crippen LogP contribution in [0.15, 0.2) is 24.3 Å². The van der Waals surface area contributed by atoms with Crippen LogP contribution in [0.3, 0.4) is 0 Å². The molecule has 0 bridgehead atoms. The van der Waals surface area contributed by atoms with E-state index in [2.05, 4.69) is 11.1 Å². The second-order valence-electron chi connectivity index (χ2n) is 5.06. The number of aromatic nitrogens is 1. The van der Waals surface area contributed by atoms with Crippen LogP contribution in [0, 0.1) is 0 Å². The van der Waals surface area contributed by atoms with Crippen LogP contribution in [-0.2, 0) is 6.42 Å². The monoisotopic (exact) mass is 302 g/mol. The van der Waals surface area contributed by atoms with Crippen LogP contribution in [0.2, 0.25) is 0 Å². The van der Waals surface area contributed by atoms with Gasteiger partial charge in [0.15, 0.2) is 5.13 Å². The molecular weight excluding hydrogens is 284 g/mol. The van der Waals surface area contributed by atoms with Gasteiger partial charge in [-0.3, -0.25) is 4.79 Å². The van der Waals surface area contributed by atoms with Crippen LogP contribution in [0.5, 0.6) is 0 Å². The molecule has 110 valence electrons. The maximum Gasteiger partial charge on any atom is 0.272 e. The number of benzene rings is 1. The predicted molar refractivity (Wildman–Crippen MR) is 87.3 cm³/mol. The summed E-state index contributed by atoms with van der Waals surface area (Å²) in [6.45, 7) is 3.57. The van der Waals surface area contributed by atoms with E-state index in [4.69, 9.17) is 5.73 Å². The summed E-state index contributed by atoms with van der Waals surface area (Å²) in [7, 11) is 1.94. The number of carbonyl (C=O) groups is 1. The molecule has 5 nitrogen and oxygen atoms in total. The first-order chi connectivity index (χ1) is 10.1. The Morgan fingerprint density at radius 2 is 2.24 bits per heavy atom. The number of carbonyl (C=O) groups excluding carboxylic acids is 1. The van der Waals surface area contributed by atoms with Gasteiger partial charge in [0.2, 0.25) is 0 Å². The first-order valence-electron chi connectivity index (χ1n) is 6.99. The smallest absolute Gasteiger partial charge is 0.272 e. The number of nitrogens with zero attached hydrogens (tertiary/aromatic N) is 3. The number of anilines is 3. The SMILES string of the molecule is CCN(C)c1nc(N)c(C(=O)N2CCc3ccccc32)s1. The molecule has 0 saturated carbocycles. The number of fused-ring (bicyclic) bond motifs is 1. The largest absolute Gasteiger partial charge is 0.382 e. The highest BCUT2D eigenvalue weighted by molar-refractivity contribution is 7.18. The van der Waals surface area contributed by atoms with Gasteiger partial charge in [-0.1, -0.05) is 29.5 Å². The Kier molecular flexibility index (Phi) is 3.55. The Balaban J connectivity index is 1.92. The van der Waals surface area contributed by atoms with Crippen molar-refractivity contribution in [1.82, 2.24) is 4.98 Å². The molecule has 1 aromatic carbocycles. The fourth-order valence-electron chi connectivity index (χ4n) is 2.44. The van der Waals surface area contributed by atoms with Crippen molar-refractivity contribution < 1.29 is 4.79 Å². The first-order valence-corrected chi connectivity index (χ1v) is 7.80. The third-order valence-electron chi connectivity index (χ3n) is 3.77. The standard InChI is InChI=1S/C15H18N4OS/c1-3-18(2)15-17-13(16)12(21-15)14(20)19-9-8-10-6-4-5-7-11(10)19/h4-7H,3,8-9,16H2,1-2H3. The molecule has 0 spiro atoms. The van der Waals surface area contributed by atoms with E-state index in [1.54, 1.807) is 4.90 Å². The molecule has 21 heavy (non-hydrogen) atoms. The van der Waals surface area contributed by atoms with Gasteiger partial charge in [0.1, 0.15) is 10.7 Å². The zero-order valence-corrected chi connectivity index (χ0v) is 13.0. The topological polar surface area (TPSA) is 62.5 Å². The summed E-state index contributed by atoms with van der Waals surface area (Å²) in [6, 6.07) is 8.00. The van der Waals surface area contributed by atoms with Crippen molar-refractivity contribution in [3.05, 3.63) is 34.7 Å². The van der Waals surface area contributed by atoms with E-state index in [9.17, 15) is 4.79 Å². The van der Waals surface area contributed by atoms with Crippen molar-refractivity contribution in [2.45, 2.75) is 13.3 Å². The van der Waals surface area contributed by atoms with Gasteiger partial charge in [0.25, 0.3) is 5.91 Å². The number of nitrogen functional groups attached to an aromatic ring is 1. The fraction of sp³-hybridized carbons (Fsp3) is 0.333. The Morgan fingerprint density at radius 3 is 3.00 bits per heavy atom. The number of hydrogen-bond acceptors (Lipinski definition) is 5. The number of rotatable bonds is 3. The summed E-state index contributed by atoms with van der Waals surface area (Å²) in [5.74, 6) is 0.274. The summed E-state index contributed by atoms with van der Waals surface area (Å²) in [5.41, 5.74) is 8.14. The quantitative estimate of drug-likeness (QED) is 0.945. The average Bonchev–Trinajstić information content (AvgIpc) is 3.09. The molecule has 0 saturated heterocycles. The summed E-state index contributed by atoms with van der Waals surface area (Å²) < 4.78 is 0. The van der Waals surface area contributed by atoms with Crippen molar-refractivity contribution in [1.29, 1.82) is 0 Å². The second kappa shape index (κ2) is 5.37. The fourth-order valence-corrected chi connectivity index (χ4v) is 3.40. The molecule has 0 aliphatic carbocycles. The predicted octanol–water partition coefficient (Wildman–Crippen LogP) is 2.38. The minimum atomic E-state index is -0.0503. The van der Waals surface area contributed by atoms with E-state index in [1.165, 1.54) is 16.9 Å². The van der Waals surface area contributed by atoms with Gasteiger partial charge in [-0.25, -0.2) is 4.98 Å². The number of para-hydroxylation sites is 1. The molecule has 1 aliphatic heterocycles. The van der Waals surface area contributed by atoms with Gasteiger partial charge in [0.05, 0.1) is 0 Å². The number of nitrogens with two attached hydrogens (primary N) is 1. The lowest BCUT2D eigenvalue weighted by Gasteiger charge is -2.16. The highest BCUT2D eigenvalue weighted by Crippen LogP contribution is 2.33. The van der Waals surface area contributed by atoms with E-state index in [-0.39, 0.29) is 5.91 Å². The molecular formula is C15H18N4OS. The average molecular weight is 302 g/mol. The summed E-state index contributed by atoms with van der Waals surface area (Å²) in [4.78, 5) is 21.4. The number of amides is 1. The molecule has 2 heterocycles. The molecule has 0 radical (unpaired) electrons. The molecule has 0 unspecified atom stereocenters. The highest BCUT2D eigenvalue weighted by Gasteiger charge is 2.28. The summed E-state index contributed by atoms with van der Waals surface area (Å²) >= 11 is 1.36. The maximum absolute atomic E-state index is 12.8. The van der Waals surface area contributed by atoms with E-state index >= 15 is 0 Å². The van der Waals surface area contributed by atoms with Crippen LogP contribution in [0.4, 0.5) is 16.6 Å². The number of thiazole rings is 1. The molecule has 0 fully saturated rings. The maximum atomic E-state index is 12.8. The van der Waals surface area contributed by atoms with Crippen molar-refractivity contribution >= 4 is 33.9 Å². The molecule has 6 heteroatoms. The van der Waals surface area contributed by atoms with E-state index in [0.717, 1.165) is 23.8 Å². The van der Waals surface area contributed by atoms with Crippen LogP contribution < -0.4 is 15.5 Å². The Hall–Kier alpha value is -2.08. The van der Waals surface area contributed by atoms with Crippen molar-refractivity contribution in [2.24, 2.45) is 0 Å². The minimum Gasteiger partial charge on any atom is -0.382 e. The third-order valence-corrected chi connectivity index (χ3v) is 4.94. The van der Waals surface area contributed by atoms with Gasteiger partial charge < -0.3 is 15.5 Å². The lowest BCUT2D eigenvalue weighted by atomic mass is 10.2. The zero-order valence-electron chi connectivity index (χ0n) is 12.2. The Morgan fingerprint density at radius 1 is 1.48 bits per heavy atom. The molecule has 1 aromatic heterocycles. The third kappa shape index (κ3) is 2.35. The van der Waals surface area contributed by atoms with Gasteiger partial charge >= 0.3 is 0 Å². The zero-order chi connectivity index (χ0) is 15.0. The van der Waals surface area contributed by atoms with Gasteiger partial charge in [-0.2, -0.15) is 0 Å². The van der Waals surface area contributed by atoms with Crippen LogP contribution in [0.1, 0.15) is 22.2 Å². The minimum absolute atomic E-state index is 0.0503. The molecule has 2 N–H and O–H groups in total. The molecule has 0 atom stereocenters. The lowest BCUT2D eigenvalue weighted by molar-refractivity contribution is 0.0994. The van der Waals surface area contributed by atoms with Crippen LogP contribution in [-0.4, -0.2) is 31.0 Å². The lowest BCUT2D eigenvalue weighted by Crippen LogP contribution is -2.28. The van der Waals surface area contributed by atoms with Crippen molar-refractivity contribution in [3.63, 3.8) is 0 Å². The molecule has 3 rings (SSSR count).